The van der Waals surface area contributed by atoms with Crippen LogP contribution in [0.2, 0.25) is 5.02 Å². The molecule has 0 bridgehead atoms. The van der Waals surface area contributed by atoms with Crippen molar-refractivity contribution in [3.8, 4) is 0 Å². The molecule has 3 nitrogen and oxygen atoms in total. The quantitative estimate of drug-likeness (QED) is 0.915. The van der Waals surface area contributed by atoms with Crippen LogP contribution in [0.15, 0.2) is 29.8 Å². The molecule has 0 aliphatic carbocycles. The van der Waals surface area contributed by atoms with E-state index < -0.39 is 0 Å². The van der Waals surface area contributed by atoms with Gasteiger partial charge in [0, 0.05) is 23.7 Å². The zero-order valence-corrected chi connectivity index (χ0v) is 12.7. The summed E-state index contributed by atoms with van der Waals surface area (Å²) in [6, 6.07) is 6.55. The Morgan fingerprint density at radius 3 is 2.84 bits per heavy atom. The van der Waals surface area contributed by atoms with Gasteiger partial charge in [-0.2, -0.15) is 0 Å². The second kappa shape index (κ2) is 6.37. The Hall–Kier alpha value is -1.10. The van der Waals surface area contributed by atoms with Gasteiger partial charge in [0.2, 0.25) is 0 Å². The Labute approximate surface area is 123 Å². The van der Waals surface area contributed by atoms with Gasteiger partial charge in [0.1, 0.15) is 5.82 Å². The van der Waals surface area contributed by atoms with Crippen LogP contribution in [0.5, 0.6) is 0 Å². The molecule has 2 N–H and O–H groups in total. The zero-order chi connectivity index (χ0) is 13.8. The summed E-state index contributed by atoms with van der Waals surface area (Å²) < 4.78 is 0. The summed E-state index contributed by atoms with van der Waals surface area (Å²) in [6.45, 7) is 5.60. The lowest BCUT2D eigenvalue weighted by Crippen LogP contribution is -2.30. The Kier molecular flexibility index (Phi) is 4.80. The van der Waals surface area contributed by atoms with Crippen LogP contribution < -0.4 is 10.6 Å². The highest BCUT2D eigenvalue weighted by molar-refractivity contribution is 7.09. The number of thiophene rings is 1. The molecule has 19 heavy (non-hydrogen) atoms. The third kappa shape index (κ3) is 3.47. The van der Waals surface area contributed by atoms with E-state index in [-0.39, 0.29) is 0 Å². The molecule has 0 spiro atoms. The molecule has 0 saturated carbocycles. The van der Waals surface area contributed by atoms with Crippen LogP contribution in [0.25, 0.3) is 0 Å². The molecule has 2 rings (SSSR count). The highest BCUT2D eigenvalue weighted by Gasteiger charge is 2.14. The molecule has 102 valence electrons. The number of pyridine rings is 1. The minimum absolute atomic E-state index is 0.362. The van der Waals surface area contributed by atoms with Gasteiger partial charge in [-0.1, -0.05) is 17.7 Å². The maximum absolute atomic E-state index is 6.06. The van der Waals surface area contributed by atoms with Crippen LogP contribution in [-0.2, 0) is 13.1 Å². The second-order valence-corrected chi connectivity index (χ2v) is 6.08. The topological polar surface area (TPSA) is 42.1 Å². The number of anilines is 1. The minimum atomic E-state index is 0.362. The smallest absolute Gasteiger partial charge is 0.129 e. The monoisotopic (exact) mass is 295 g/mol. The number of hydrogen-bond donors (Lipinski definition) is 1. The molecule has 0 amide bonds. The number of aromatic nitrogens is 1. The van der Waals surface area contributed by atoms with Gasteiger partial charge in [-0.05, 0) is 36.9 Å². The number of nitrogens with zero attached hydrogens (tertiary/aromatic N) is 2. The fourth-order valence-electron chi connectivity index (χ4n) is 1.88. The van der Waals surface area contributed by atoms with Crippen molar-refractivity contribution in [2.75, 3.05) is 4.90 Å². The fraction of sp³-hybridized carbons (Fsp3) is 0.357. The number of rotatable bonds is 5. The molecule has 2 aromatic heterocycles. The van der Waals surface area contributed by atoms with E-state index in [9.17, 15) is 0 Å². The number of halogens is 1. The van der Waals surface area contributed by atoms with Crippen molar-refractivity contribution in [3.05, 3.63) is 45.2 Å². The number of hydrogen-bond acceptors (Lipinski definition) is 4. The summed E-state index contributed by atoms with van der Waals surface area (Å²) in [5.74, 6) is 0.924. The predicted octanol–water partition coefficient (Wildman–Crippen LogP) is 3.67. The van der Waals surface area contributed by atoms with Crippen LogP contribution in [0, 0.1) is 0 Å². The summed E-state index contributed by atoms with van der Waals surface area (Å²) in [6.07, 6.45) is 1.68. The van der Waals surface area contributed by atoms with Gasteiger partial charge in [0.25, 0.3) is 0 Å². The standard InChI is InChI=1S/C14H18ClN3S/c1-10(2)18(9-12-4-3-5-19-12)14-6-11(7-16)13(15)8-17-14/h3-6,8,10H,7,9,16H2,1-2H3. The Morgan fingerprint density at radius 2 is 2.26 bits per heavy atom. The van der Waals surface area contributed by atoms with Crippen molar-refractivity contribution in [1.29, 1.82) is 0 Å². The predicted molar refractivity (Wildman–Crippen MR) is 82.8 cm³/mol. The molecule has 2 heterocycles. The maximum Gasteiger partial charge on any atom is 0.129 e. The van der Waals surface area contributed by atoms with E-state index >= 15 is 0 Å². The summed E-state index contributed by atoms with van der Waals surface area (Å²) in [5, 5.41) is 2.72. The first-order chi connectivity index (χ1) is 9.11. The van der Waals surface area contributed by atoms with E-state index in [1.807, 2.05) is 6.07 Å². The van der Waals surface area contributed by atoms with Crippen molar-refractivity contribution < 1.29 is 0 Å². The summed E-state index contributed by atoms with van der Waals surface area (Å²) in [4.78, 5) is 8.00. The highest BCUT2D eigenvalue weighted by Crippen LogP contribution is 2.24. The number of nitrogens with two attached hydrogens (primary N) is 1. The second-order valence-electron chi connectivity index (χ2n) is 4.64. The van der Waals surface area contributed by atoms with Gasteiger partial charge in [-0.3, -0.25) is 0 Å². The van der Waals surface area contributed by atoms with Crippen molar-refractivity contribution in [1.82, 2.24) is 4.98 Å². The van der Waals surface area contributed by atoms with E-state index in [1.54, 1.807) is 17.5 Å². The van der Waals surface area contributed by atoms with E-state index in [0.717, 1.165) is 17.9 Å². The van der Waals surface area contributed by atoms with Crippen LogP contribution in [0.3, 0.4) is 0 Å². The van der Waals surface area contributed by atoms with E-state index in [2.05, 4.69) is 41.2 Å². The minimum Gasteiger partial charge on any atom is -0.349 e. The van der Waals surface area contributed by atoms with Gasteiger partial charge >= 0.3 is 0 Å². The van der Waals surface area contributed by atoms with Gasteiger partial charge in [0.05, 0.1) is 11.6 Å². The van der Waals surface area contributed by atoms with Gasteiger partial charge < -0.3 is 10.6 Å². The SMILES string of the molecule is CC(C)N(Cc1cccs1)c1cc(CN)c(Cl)cn1. The average Bonchev–Trinajstić information content (AvgIpc) is 2.89. The largest absolute Gasteiger partial charge is 0.349 e. The van der Waals surface area contributed by atoms with E-state index in [0.29, 0.717) is 17.6 Å². The van der Waals surface area contributed by atoms with Crippen LogP contribution in [-0.4, -0.2) is 11.0 Å². The summed E-state index contributed by atoms with van der Waals surface area (Å²) in [5.41, 5.74) is 6.64. The summed E-state index contributed by atoms with van der Waals surface area (Å²) in [7, 11) is 0. The lowest BCUT2D eigenvalue weighted by Gasteiger charge is -2.28. The molecule has 0 radical (unpaired) electrons. The van der Waals surface area contributed by atoms with Crippen LogP contribution >= 0.6 is 22.9 Å². The molecule has 0 aliphatic heterocycles. The van der Waals surface area contributed by atoms with E-state index in [4.69, 9.17) is 17.3 Å². The maximum atomic E-state index is 6.06. The lowest BCUT2D eigenvalue weighted by atomic mass is 10.2. The first-order valence-corrected chi connectivity index (χ1v) is 7.51. The van der Waals surface area contributed by atoms with Crippen LogP contribution in [0.4, 0.5) is 5.82 Å². The normalized spacial score (nSPS) is 11.0. The molecule has 0 saturated heterocycles. The van der Waals surface area contributed by atoms with Crippen molar-refractivity contribution >= 4 is 28.8 Å². The molecule has 0 fully saturated rings. The van der Waals surface area contributed by atoms with Gasteiger partial charge in [0.15, 0.2) is 0 Å². The molecule has 5 heteroatoms. The molecule has 0 atom stereocenters. The van der Waals surface area contributed by atoms with Crippen LogP contribution in [0.1, 0.15) is 24.3 Å². The van der Waals surface area contributed by atoms with Gasteiger partial charge in [-0.15, -0.1) is 11.3 Å². The first kappa shape index (κ1) is 14.3. The van der Waals surface area contributed by atoms with E-state index in [1.165, 1.54) is 4.88 Å². The third-order valence-corrected chi connectivity index (χ3v) is 4.17. The van der Waals surface area contributed by atoms with Crippen molar-refractivity contribution in [3.63, 3.8) is 0 Å². The first-order valence-electron chi connectivity index (χ1n) is 6.25. The fourth-order valence-corrected chi connectivity index (χ4v) is 2.76. The molecule has 0 aromatic carbocycles. The Balaban J connectivity index is 2.28. The molecule has 0 aliphatic rings. The van der Waals surface area contributed by atoms with Gasteiger partial charge in [-0.25, -0.2) is 4.98 Å². The Morgan fingerprint density at radius 1 is 1.47 bits per heavy atom. The lowest BCUT2D eigenvalue weighted by molar-refractivity contribution is 0.676. The zero-order valence-electron chi connectivity index (χ0n) is 11.1. The summed E-state index contributed by atoms with van der Waals surface area (Å²) >= 11 is 7.82. The Bertz CT molecular complexity index is 525. The molecular weight excluding hydrogens is 278 g/mol. The average molecular weight is 296 g/mol. The third-order valence-electron chi connectivity index (χ3n) is 2.96. The molecular formula is C14H18ClN3S. The van der Waals surface area contributed by atoms with Crippen molar-refractivity contribution in [2.45, 2.75) is 33.0 Å². The molecule has 0 unspecified atom stereocenters. The highest BCUT2D eigenvalue weighted by atomic mass is 35.5. The van der Waals surface area contributed by atoms with Crippen molar-refractivity contribution in [2.24, 2.45) is 5.73 Å². The molecule has 2 aromatic rings.